The van der Waals surface area contributed by atoms with Gasteiger partial charge in [0.15, 0.2) is 5.69 Å². The van der Waals surface area contributed by atoms with Crippen LogP contribution in [0.25, 0.3) is 0 Å². The van der Waals surface area contributed by atoms with E-state index in [9.17, 15) is 14.4 Å². The second-order valence-corrected chi connectivity index (χ2v) is 10.2. The molecule has 0 N–H and O–H groups in total. The summed E-state index contributed by atoms with van der Waals surface area (Å²) in [6.45, 7) is 9.55. The lowest BCUT2D eigenvalue weighted by molar-refractivity contribution is -0.137. The Kier molecular flexibility index (Phi) is 7.31. The normalized spacial score (nSPS) is 16.3. The molecule has 0 saturated heterocycles. The van der Waals surface area contributed by atoms with E-state index in [1.54, 1.807) is 23.4 Å². The first kappa shape index (κ1) is 25.6. The molecule has 188 valence electrons. The van der Waals surface area contributed by atoms with Gasteiger partial charge in [0, 0.05) is 23.5 Å². The minimum atomic E-state index is -0.609. The van der Waals surface area contributed by atoms with Crippen LogP contribution in [0.1, 0.15) is 66.8 Å². The molecular formula is C28H30ClN3O4. The minimum absolute atomic E-state index is 0.0128. The topological polar surface area (TPSA) is 81.5 Å². The predicted octanol–water partition coefficient (Wildman–Crippen LogP) is 5.00. The van der Waals surface area contributed by atoms with Crippen molar-refractivity contribution in [1.82, 2.24) is 14.7 Å². The first-order chi connectivity index (χ1) is 17.1. The monoisotopic (exact) mass is 507 g/mol. The Morgan fingerprint density at radius 2 is 1.72 bits per heavy atom. The molecule has 8 heteroatoms. The highest BCUT2D eigenvalue weighted by Gasteiger charge is 2.41. The van der Waals surface area contributed by atoms with Crippen LogP contribution < -0.4 is 10.2 Å². The summed E-state index contributed by atoms with van der Waals surface area (Å²) in [5, 5.41) is 5.00. The van der Waals surface area contributed by atoms with E-state index >= 15 is 0 Å². The third kappa shape index (κ3) is 4.93. The maximum absolute atomic E-state index is 13.6. The van der Waals surface area contributed by atoms with Crippen molar-refractivity contribution in [2.24, 2.45) is 5.92 Å². The van der Waals surface area contributed by atoms with Crippen molar-refractivity contribution in [3.05, 3.63) is 92.4 Å². The van der Waals surface area contributed by atoms with Crippen LogP contribution in [-0.2, 0) is 4.79 Å². The molecule has 36 heavy (non-hydrogen) atoms. The molecule has 3 aromatic rings. The molecule has 1 amide bonds. The van der Waals surface area contributed by atoms with Gasteiger partial charge in [-0.2, -0.15) is 5.10 Å². The number of halogens is 1. The number of aromatic nitrogens is 2. The fraction of sp³-hybridized carbons (Fsp3) is 0.357. The van der Waals surface area contributed by atoms with E-state index in [-0.39, 0.29) is 23.4 Å². The van der Waals surface area contributed by atoms with Crippen molar-refractivity contribution in [2.45, 2.75) is 52.6 Å². The number of esters is 1. The summed E-state index contributed by atoms with van der Waals surface area (Å²) in [6.07, 6.45) is 1.11. The Morgan fingerprint density at radius 3 is 2.33 bits per heavy atom. The van der Waals surface area contributed by atoms with Crippen LogP contribution in [0, 0.1) is 12.8 Å². The van der Waals surface area contributed by atoms with E-state index in [0.29, 0.717) is 11.6 Å². The SMILES string of the molecule is Cc1cccc(C(c2cccc(Cl)c2)C2CN(C(C)C)C(=O)c3c(OC(=O)C(C)C)c(=O)cnn32)c1. The molecule has 0 bridgehead atoms. The molecule has 0 spiro atoms. The standard InChI is InChI=1S/C28H30ClN3O4/c1-16(2)28(35)36-26-23(33)14-30-32-22(15-31(17(3)4)27(34)25(26)32)24(19-9-6-8-18(5)12-19)20-10-7-11-21(29)13-20/h6-14,16-17,22,24H,15H2,1-5H3. The van der Waals surface area contributed by atoms with Crippen molar-refractivity contribution in [2.75, 3.05) is 6.54 Å². The third-order valence-electron chi connectivity index (χ3n) is 6.42. The van der Waals surface area contributed by atoms with E-state index in [1.807, 2.05) is 63.2 Å². The van der Waals surface area contributed by atoms with E-state index in [2.05, 4.69) is 11.2 Å². The highest BCUT2D eigenvalue weighted by atomic mass is 35.5. The fourth-order valence-electron chi connectivity index (χ4n) is 4.61. The fourth-order valence-corrected chi connectivity index (χ4v) is 4.80. The van der Waals surface area contributed by atoms with Crippen molar-refractivity contribution in [3.8, 4) is 5.75 Å². The number of nitrogens with zero attached hydrogens (tertiary/aromatic N) is 3. The Balaban J connectivity index is 1.98. The molecule has 0 radical (unpaired) electrons. The first-order valence-electron chi connectivity index (χ1n) is 12.0. The molecule has 7 nitrogen and oxygen atoms in total. The smallest absolute Gasteiger partial charge is 0.313 e. The van der Waals surface area contributed by atoms with Gasteiger partial charge >= 0.3 is 5.97 Å². The number of carbonyl (C=O) groups is 2. The molecule has 2 aromatic carbocycles. The van der Waals surface area contributed by atoms with Gasteiger partial charge < -0.3 is 9.64 Å². The summed E-state index contributed by atoms with van der Waals surface area (Å²) in [5.74, 6) is -1.98. The zero-order chi connectivity index (χ0) is 26.1. The summed E-state index contributed by atoms with van der Waals surface area (Å²) < 4.78 is 7.06. The molecule has 4 rings (SSSR count). The van der Waals surface area contributed by atoms with Crippen molar-refractivity contribution in [1.29, 1.82) is 0 Å². The lowest BCUT2D eigenvalue weighted by Gasteiger charge is -2.41. The average Bonchev–Trinajstić information content (AvgIpc) is 2.82. The number of aryl methyl sites for hydroxylation is 1. The molecule has 1 aliphatic rings. The van der Waals surface area contributed by atoms with Crippen molar-refractivity contribution >= 4 is 23.5 Å². The summed E-state index contributed by atoms with van der Waals surface area (Å²) >= 11 is 6.40. The van der Waals surface area contributed by atoms with Crippen LogP contribution >= 0.6 is 11.6 Å². The molecule has 2 unspecified atom stereocenters. The minimum Gasteiger partial charge on any atom is -0.420 e. The maximum Gasteiger partial charge on any atom is 0.313 e. The van der Waals surface area contributed by atoms with Gasteiger partial charge in [0.05, 0.1) is 18.2 Å². The van der Waals surface area contributed by atoms with Crippen LogP contribution in [0.4, 0.5) is 0 Å². The molecule has 2 heterocycles. The van der Waals surface area contributed by atoms with Gasteiger partial charge in [-0.15, -0.1) is 0 Å². The quantitative estimate of drug-likeness (QED) is 0.438. The number of hydrogen-bond donors (Lipinski definition) is 0. The number of amides is 1. The zero-order valence-corrected chi connectivity index (χ0v) is 21.8. The number of benzene rings is 2. The summed E-state index contributed by atoms with van der Waals surface area (Å²) in [5.41, 5.74) is 2.44. The van der Waals surface area contributed by atoms with Crippen molar-refractivity contribution < 1.29 is 14.3 Å². The molecule has 2 atom stereocenters. The first-order valence-corrected chi connectivity index (χ1v) is 12.4. The lowest BCUT2D eigenvalue weighted by Crippen LogP contribution is -2.50. The Labute approximate surface area is 215 Å². The largest absolute Gasteiger partial charge is 0.420 e. The lowest BCUT2D eigenvalue weighted by atomic mass is 9.83. The van der Waals surface area contributed by atoms with Crippen LogP contribution in [0.5, 0.6) is 5.75 Å². The Morgan fingerprint density at radius 1 is 1.06 bits per heavy atom. The van der Waals surface area contributed by atoms with Gasteiger partial charge in [-0.05, 0) is 44.0 Å². The van der Waals surface area contributed by atoms with E-state index in [0.717, 1.165) is 22.9 Å². The molecule has 1 aromatic heterocycles. The van der Waals surface area contributed by atoms with Crippen LogP contribution in [-0.4, -0.2) is 39.1 Å². The van der Waals surface area contributed by atoms with Gasteiger partial charge in [0.2, 0.25) is 11.2 Å². The third-order valence-corrected chi connectivity index (χ3v) is 6.66. The molecule has 0 aliphatic carbocycles. The summed E-state index contributed by atoms with van der Waals surface area (Å²) in [7, 11) is 0. The number of carbonyl (C=O) groups excluding carboxylic acids is 2. The highest BCUT2D eigenvalue weighted by Crippen LogP contribution is 2.40. The average molecular weight is 508 g/mol. The van der Waals surface area contributed by atoms with Crippen molar-refractivity contribution in [3.63, 3.8) is 0 Å². The van der Waals surface area contributed by atoms with E-state index < -0.39 is 29.3 Å². The van der Waals surface area contributed by atoms with Gasteiger partial charge in [0.1, 0.15) is 0 Å². The van der Waals surface area contributed by atoms with Crippen LogP contribution in [0.2, 0.25) is 5.02 Å². The van der Waals surface area contributed by atoms with E-state index in [1.165, 1.54) is 0 Å². The second-order valence-electron chi connectivity index (χ2n) is 9.77. The van der Waals surface area contributed by atoms with Gasteiger partial charge in [-0.25, -0.2) is 0 Å². The number of ether oxygens (including phenoxy) is 1. The maximum atomic E-state index is 13.6. The highest BCUT2D eigenvalue weighted by molar-refractivity contribution is 6.30. The second kappa shape index (κ2) is 10.3. The Hall–Kier alpha value is -3.45. The zero-order valence-electron chi connectivity index (χ0n) is 21.1. The number of hydrogen-bond acceptors (Lipinski definition) is 5. The summed E-state index contributed by atoms with van der Waals surface area (Å²) in [6, 6.07) is 15.2. The van der Waals surface area contributed by atoms with Gasteiger partial charge in [0.25, 0.3) is 5.91 Å². The van der Waals surface area contributed by atoms with Crippen LogP contribution in [0.3, 0.4) is 0 Å². The number of fused-ring (bicyclic) bond motifs is 1. The molecule has 0 fully saturated rings. The summed E-state index contributed by atoms with van der Waals surface area (Å²) in [4.78, 5) is 40.7. The molecule has 1 aliphatic heterocycles. The predicted molar refractivity (Wildman–Crippen MR) is 139 cm³/mol. The van der Waals surface area contributed by atoms with Crippen LogP contribution in [0.15, 0.2) is 59.5 Å². The number of rotatable bonds is 6. The molecule has 0 saturated carbocycles. The van der Waals surface area contributed by atoms with Gasteiger partial charge in [-0.3, -0.25) is 19.1 Å². The molecular weight excluding hydrogens is 478 g/mol. The van der Waals surface area contributed by atoms with E-state index in [4.69, 9.17) is 16.3 Å². The Bertz CT molecular complexity index is 1320. The van der Waals surface area contributed by atoms with Gasteiger partial charge in [-0.1, -0.05) is 67.4 Å².